The van der Waals surface area contributed by atoms with Gasteiger partial charge in [-0.15, -0.1) is 0 Å². The van der Waals surface area contributed by atoms with Crippen molar-refractivity contribution in [3.63, 3.8) is 0 Å². The van der Waals surface area contributed by atoms with Gasteiger partial charge in [0.05, 0.1) is 18.0 Å². The second kappa shape index (κ2) is 5.05. The van der Waals surface area contributed by atoms with Gasteiger partial charge in [-0.1, -0.05) is 18.2 Å². The summed E-state index contributed by atoms with van der Waals surface area (Å²) in [4.78, 5) is 15.3. The zero-order valence-corrected chi connectivity index (χ0v) is 9.95. The van der Waals surface area contributed by atoms with Crippen LogP contribution in [-0.2, 0) is 11.3 Å². The molecule has 0 saturated carbocycles. The van der Waals surface area contributed by atoms with Crippen LogP contribution in [0.2, 0.25) is 0 Å². The maximum atomic E-state index is 11.1. The van der Waals surface area contributed by atoms with Crippen LogP contribution in [0.1, 0.15) is 5.69 Å². The van der Waals surface area contributed by atoms with Crippen molar-refractivity contribution in [2.45, 2.75) is 6.54 Å². The molecule has 0 radical (unpaired) electrons. The van der Waals surface area contributed by atoms with Crippen molar-refractivity contribution in [1.29, 1.82) is 0 Å². The molecule has 0 atom stereocenters. The van der Waals surface area contributed by atoms with Crippen LogP contribution in [-0.4, -0.2) is 21.8 Å². The Morgan fingerprint density at radius 1 is 1.35 bits per heavy atom. The molecule has 17 heavy (non-hydrogen) atoms. The van der Waals surface area contributed by atoms with Gasteiger partial charge in [0.15, 0.2) is 0 Å². The quantitative estimate of drug-likeness (QED) is 0.721. The fourth-order valence-corrected chi connectivity index (χ4v) is 1.63. The average Bonchev–Trinajstić information content (AvgIpc) is 2.36. The monoisotopic (exact) mass is 248 g/mol. The Hall–Kier alpha value is -1.75. The summed E-state index contributed by atoms with van der Waals surface area (Å²) in [5, 5.41) is 13.2. The number of thiol groups is 1. The fraction of sp³-hybridized carbons (Fsp3) is 0.167. The smallest absolute Gasteiger partial charge is 0.230 e. The number of hydrogen-bond donors (Lipinski definition) is 3. The SMILES string of the molecule is O=C(CS)NCc1ccc2cccc(O)c2n1. The number of fused-ring (bicyclic) bond motifs is 1. The van der Waals surface area contributed by atoms with Gasteiger partial charge < -0.3 is 10.4 Å². The number of aromatic hydroxyl groups is 1. The van der Waals surface area contributed by atoms with E-state index in [9.17, 15) is 9.90 Å². The summed E-state index contributed by atoms with van der Waals surface area (Å²) in [6.45, 7) is 0.337. The number of pyridine rings is 1. The third-order valence-electron chi connectivity index (χ3n) is 2.37. The number of carbonyl (C=O) groups is 1. The van der Waals surface area contributed by atoms with Crippen LogP contribution >= 0.6 is 12.6 Å². The zero-order valence-electron chi connectivity index (χ0n) is 9.05. The number of phenols is 1. The van der Waals surface area contributed by atoms with Crippen molar-refractivity contribution in [3.05, 3.63) is 36.0 Å². The van der Waals surface area contributed by atoms with Gasteiger partial charge in [-0.25, -0.2) is 4.98 Å². The minimum Gasteiger partial charge on any atom is -0.506 e. The summed E-state index contributed by atoms with van der Waals surface area (Å²) in [5.74, 6) is 0.149. The highest BCUT2D eigenvalue weighted by Gasteiger charge is 2.03. The fourth-order valence-electron chi connectivity index (χ4n) is 1.52. The van der Waals surface area contributed by atoms with Crippen molar-refractivity contribution < 1.29 is 9.90 Å². The first-order valence-electron chi connectivity index (χ1n) is 5.16. The lowest BCUT2D eigenvalue weighted by atomic mass is 10.2. The van der Waals surface area contributed by atoms with Crippen molar-refractivity contribution in [2.24, 2.45) is 0 Å². The first-order chi connectivity index (χ1) is 8.20. The van der Waals surface area contributed by atoms with Gasteiger partial charge in [0, 0.05) is 5.39 Å². The molecular formula is C12H12N2O2S. The van der Waals surface area contributed by atoms with E-state index in [1.807, 2.05) is 18.2 Å². The molecule has 2 N–H and O–H groups in total. The molecule has 0 unspecified atom stereocenters. The minimum absolute atomic E-state index is 0.143. The van der Waals surface area contributed by atoms with Crippen LogP contribution in [0, 0.1) is 0 Å². The maximum Gasteiger partial charge on any atom is 0.230 e. The largest absolute Gasteiger partial charge is 0.506 e. The van der Waals surface area contributed by atoms with Crippen LogP contribution in [0.15, 0.2) is 30.3 Å². The molecule has 5 heteroatoms. The Balaban J connectivity index is 2.25. The molecule has 0 bridgehead atoms. The van der Waals surface area contributed by atoms with Gasteiger partial charge >= 0.3 is 0 Å². The normalized spacial score (nSPS) is 10.4. The predicted molar refractivity (Wildman–Crippen MR) is 69.1 cm³/mol. The van der Waals surface area contributed by atoms with Gasteiger partial charge in [-0.05, 0) is 12.1 Å². The molecule has 2 rings (SSSR count). The molecule has 1 heterocycles. The third kappa shape index (κ3) is 2.68. The molecule has 1 amide bonds. The number of aromatic nitrogens is 1. The standard InChI is InChI=1S/C12H12N2O2S/c15-10-3-1-2-8-4-5-9(14-12(8)10)6-13-11(16)7-17/h1-5,15,17H,6-7H2,(H,13,16). The number of amides is 1. The number of rotatable bonds is 3. The number of benzene rings is 1. The Bertz CT molecular complexity index is 557. The molecule has 1 aromatic heterocycles. The zero-order chi connectivity index (χ0) is 12.3. The van der Waals surface area contributed by atoms with Crippen LogP contribution in [0.5, 0.6) is 5.75 Å². The van der Waals surface area contributed by atoms with Crippen LogP contribution in [0.3, 0.4) is 0 Å². The molecule has 0 aliphatic heterocycles. The van der Waals surface area contributed by atoms with Crippen molar-refractivity contribution in [1.82, 2.24) is 10.3 Å². The molecule has 0 saturated heterocycles. The van der Waals surface area contributed by atoms with Gasteiger partial charge in [0.1, 0.15) is 11.3 Å². The number of carbonyl (C=O) groups excluding carboxylic acids is 1. The Kier molecular flexibility index (Phi) is 3.49. The molecule has 4 nitrogen and oxygen atoms in total. The molecule has 2 aromatic rings. The van der Waals surface area contributed by atoms with Crippen LogP contribution in [0.25, 0.3) is 10.9 Å². The van der Waals surface area contributed by atoms with E-state index in [4.69, 9.17) is 0 Å². The second-order valence-electron chi connectivity index (χ2n) is 3.59. The minimum atomic E-state index is -0.146. The van der Waals surface area contributed by atoms with Gasteiger partial charge in [-0.2, -0.15) is 12.6 Å². The number of phenolic OH excluding ortho intramolecular Hbond substituents is 1. The maximum absolute atomic E-state index is 11.1. The van der Waals surface area contributed by atoms with E-state index in [-0.39, 0.29) is 17.4 Å². The Morgan fingerprint density at radius 2 is 2.18 bits per heavy atom. The molecular weight excluding hydrogens is 236 g/mol. The van der Waals surface area contributed by atoms with Gasteiger partial charge in [0.2, 0.25) is 5.91 Å². The number of para-hydroxylation sites is 1. The highest BCUT2D eigenvalue weighted by Crippen LogP contribution is 2.22. The topological polar surface area (TPSA) is 62.2 Å². The molecule has 1 aromatic carbocycles. The van der Waals surface area contributed by atoms with Crippen molar-refractivity contribution in [3.8, 4) is 5.75 Å². The highest BCUT2D eigenvalue weighted by atomic mass is 32.1. The molecule has 0 spiro atoms. The average molecular weight is 248 g/mol. The van der Waals surface area contributed by atoms with E-state index < -0.39 is 0 Å². The lowest BCUT2D eigenvalue weighted by Gasteiger charge is -2.05. The number of nitrogens with one attached hydrogen (secondary N) is 1. The molecule has 0 aliphatic rings. The second-order valence-corrected chi connectivity index (χ2v) is 3.90. The molecule has 0 fully saturated rings. The van der Waals surface area contributed by atoms with E-state index >= 15 is 0 Å². The summed E-state index contributed by atoms with van der Waals surface area (Å²) in [6.07, 6.45) is 0. The lowest BCUT2D eigenvalue weighted by molar-refractivity contribution is -0.118. The van der Waals surface area contributed by atoms with E-state index in [1.165, 1.54) is 0 Å². The molecule has 0 aliphatic carbocycles. The first-order valence-corrected chi connectivity index (χ1v) is 5.79. The van der Waals surface area contributed by atoms with E-state index in [0.29, 0.717) is 17.8 Å². The Labute approximate surface area is 104 Å². The van der Waals surface area contributed by atoms with E-state index in [2.05, 4.69) is 22.9 Å². The highest BCUT2D eigenvalue weighted by molar-refractivity contribution is 7.81. The van der Waals surface area contributed by atoms with Crippen LogP contribution in [0.4, 0.5) is 0 Å². The first kappa shape index (κ1) is 11.7. The lowest BCUT2D eigenvalue weighted by Crippen LogP contribution is -2.24. The molecule has 88 valence electrons. The summed E-state index contributed by atoms with van der Waals surface area (Å²) < 4.78 is 0. The summed E-state index contributed by atoms with van der Waals surface area (Å²) >= 11 is 3.86. The van der Waals surface area contributed by atoms with Crippen molar-refractivity contribution in [2.75, 3.05) is 5.75 Å². The Morgan fingerprint density at radius 3 is 2.94 bits per heavy atom. The third-order valence-corrected chi connectivity index (χ3v) is 2.65. The number of nitrogens with zero attached hydrogens (tertiary/aromatic N) is 1. The summed E-state index contributed by atoms with van der Waals surface area (Å²) in [7, 11) is 0. The summed E-state index contributed by atoms with van der Waals surface area (Å²) in [6, 6.07) is 8.91. The predicted octanol–water partition coefficient (Wildman–Crippen LogP) is 1.49. The van der Waals surface area contributed by atoms with Gasteiger partial charge in [0.25, 0.3) is 0 Å². The number of hydrogen-bond acceptors (Lipinski definition) is 4. The summed E-state index contributed by atoms with van der Waals surface area (Å²) in [5.41, 5.74) is 1.25. The van der Waals surface area contributed by atoms with E-state index in [1.54, 1.807) is 12.1 Å². The van der Waals surface area contributed by atoms with Crippen LogP contribution < -0.4 is 5.32 Å². The van der Waals surface area contributed by atoms with Gasteiger partial charge in [-0.3, -0.25) is 4.79 Å². The van der Waals surface area contributed by atoms with E-state index in [0.717, 1.165) is 5.39 Å². The van der Waals surface area contributed by atoms with Crippen molar-refractivity contribution >= 4 is 29.4 Å².